The smallest absolute Gasteiger partial charge is 0.130 e. The van der Waals surface area contributed by atoms with Crippen LogP contribution in [0.25, 0.3) is 0 Å². The molecule has 0 fully saturated rings. The number of nitrogens with two attached hydrogens (primary N) is 1. The molecule has 0 saturated heterocycles. The number of hydrogen-bond acceptors (Lipinski definition) is 4. The first-order valence-electron chi connectivity index (χ1n) is 5.65. The van der Waals surface area contributed by atoms with Gasteiger partial charge < -0.3 is 20.2 Å². The molecule has 96 valence electrons. The molecule has 0 radical (unpaired) electrons. The van der Waals surface area contributed by atoms with Crippen LogP contribution in [0.4, 0.5) is 0 Å². The number of methoxy groups -OCH3 is 2. The molecule has 0 aliphatic heterocycles. The van der Waals surface area contributed by atoms with Gasteiger partial charge in [-0.1, -0.05) is 0 Å². The fourth-order valence-corrected chi connectivity index (χ4v) is 2.03. The molecular weight excluding hydrogens is 230 g/mol. The van der Waals surface area contributed by atoms with Crippen molar-refractivity contribution in [2.75, 3.05) is 14.2 Å². The number of ether oxygens (including phenoxy) is 2. The molecule has 5 nitrogen and oxygen atoms in total. The van der Waals surface area contributed by atoms with Crippen LogP contribution in [0.15, 0.2) is 24.5 Å². The van der Waals surface area contributed by atoms with Crippen LogP contribution in [0.3, 0.4) is 0 Å². The minimum atomic E-state index is -0.348. The predicted molar refractivity (Wildman–Crippen MR) is 68.9 cm³/mol. The van der Waals surface area contributed by atoms with Crippen molar-refractivity contribution in [1.29, 1.82) is 0 Å². The number of benzene rings is 1. The van der Waals surface area contributed by atoms with E-state index in [1.165, 1.54) is 0 Å². The van der Waals surface area contributed by atoms with Crippen molar-refractivity contribution in [3.63, 3.8) is 0 Å². The quantitative estimate of drug-likeness (QED) is 0.863. The lowest BCUT2D eigenvalue weighted by molar-refractivity contribution is 0.384. The summed E-state index contributed by atoms with van der Waals surface area (Å²) in [4.78, 5) is 7.18. The van der Waals surface area contributed by atoms with Crippen molar-refractivity contribution in [2.24, 2.45) is 5.73 Å². The van der Waals surface area contributed by atoms with Gasteiger partial charge in [0.15, 0.2) is 0 Å². The van der Waals surface area contributed by atoms with Gasteiger partial charge in [-0.05, 0) is 19.1 Å². The van der Waals surface area contributed by atoms with Gasteiger partial charge in [0.25, 0.3) is 0 Å². The highest BCUT2D eigenvalue weighted by Gasteiger charge is 2.19. The van der Waals surface area contributed by atoms with E-state index in [-0.39, 0.29) is 6.04 Å². The van der Waals surface area contributed by atoms with Crippen molar-refractivity contribution in [1.82, 2.24) is 9.97 Å². The zero-order valence-corrected chi connectivity index (χ0v) is 10.7. The summed E-state index contributed by atoms with van der Waals surface area (Å²) in [5, 5.41) is 0. The van der Waals surface area contributed by atoms with E-state index in [0.717, 1.165) is 22.6 Å². The second kappa shape index (κ2) is 5.10. The van der Waals surface area contributed by atoms with Crippen LogP contribution in [-0.4, -0.2) is 24.2 Å². The number of H-pyrrole nitrogens is 1. The first-order chi connectivity index (χ1) is 8.69. The van der Waals surface area contributed by atoms with E-state index in [2.05, 4.69) is 9.97 Å². The molecule has 18 heavy (non-hydrogen) atoms. The van der Waals surface area contributed by atoms with E-state index >= 15 is 0 Å². The molecule has 0 aliphatic carbocycles. The van der Waals surface area contributed by atoms with E-state index in [9.17, 15) is 0 Å². The van der Waals surface area contributed by atoms with E-state index in [4.69, 9.17) is 15.2 Å². The molecule has 1 aromatic carbocycles. The lowest BCUT2D eigenvalue weighted by atomic mass is 10.0. The lowest BCUT2D eigenvalue weighted by Crippen LogP contribution is -2.15. The topological polar surface area (TPSA) is 73.2 Å². The van der Waals surface area contributed by atoms with Gasteiger partial charge >= 0.3 is 0 Å². The summed E-state index contributed by atoms with van der Waals surface area (Å²) in [6.07, 6.45) is 3.43. The van der Waals surface area contributed by atoms with Crippen LogP contribution in [0, 0.1) is 6.92 Å². The normalized spacial score (nSPS) is 12.2. The third-order valence-electron chi connectivity index (χ3n) is 2.96. The Balaban J connectivity index is 2.48. The minimum absolute atomic E-state index is 0.348. The molecule has 2 rings (SSSR count). The van der Waals surface area contributed by atoms with Crippen LogP contribution in [0.2, 0.25) is 0 Å². The number of aromatic amines is 1. The zero-order valence-electron chi connectivity index (χ0n) is 10.7. The maximum atomic E-state index is 6.18. The van der Waals surface area contributed by atoms with Crippen LogP contribution in [0.5, 0.6) is 11.5 Å². The molecule has 1 aromatic heterocycles. The molecule has 2 aromatic rings. The number of imidazole rings is 1. The lowest BCUT2D eigenvalue weighted by Gasteiger charge is -2.17. The maximum absolute atomic E-state index is 6.18. The van der Waals surface area contributed by atoms with Crippen molar-refractivity contribution in [2.45, 2.75) is 13.0 Å². The fourth-order valence-electron chi connectivity index (χ4n) is 2.03. The molecule has 1 heterocycles. The Bertz CT molecular complexity index is 523. The number of nitrogens with zero attached hydrogens (tertiary/aromatic N) is 1. The van der Waals surface area contributed by atoms with E-state index in [0.29, 0.717) is 5.82 Å². The van der Waals surface area contributed by atoms with Gasteiger partial charge in [0.1, 0.15) is 17.3 Å². The van der Waals surface area contributed by atoms with Crippen molar-refractivity contribution >= 4 is 0 Å². The maximum Gasteiger partial charge on any atom is 0.130 e. The van der Waals surface area contributed by atoms with Gasteiger partial charge in [-0.15, -0.1) is 0 Å². The molecule has 0 aliphatic rings. The van der Waals surface area contributed by atoms with E-state index in [1.807, 2.05) is 19.1 Å². The highest BCUT2D eigenvalue weighted by atomic mass is 16.5. The molecule has 1 unspecified atom stereocenters. The van der Waals surface area contributed by atoms with Gasteiger partial charge in [-0.25, -0.2) is 4.98 Å². The molecule has 0 bridgehead atoms. The highest BCUT2D eigenvalue weighted by Crippen LogP contribution is 2.35. The van der Waals surface area contributed by atoms with Gasteiger partial charge in [0.05, 0.1) is 20.3 Å². The second-order valence-electron chi connectivity index (χ2n) is 3.97. The number of nitrogens with one attached hydrogen (secondary N) is 1. The Hall–Kier alpha value is -2.01. The molecule has 0 spiro atoms. The van der Waals surface area contributed by atoms with Crippen molar-refractivity contribution < 1.29 is 9.47 Å². The SMILES string of the molecule is COc1ccc(C(N)c2ncc[nH]2)c(OC)c1C. The summed E-state index contributed by atoms with van der Waals surface area (Å²) >= 11 is 0. The zero-order chi connectivity index (χ0) is 13.1. The number of rotatable bonds is 4. The Labute approximate surface area is 106 Å². The third kappa shape index (κ3) is 2.04. The molecule has 0 saturated carbocycles. The van der Waals surface area contributed by atoms with Gasteiger partial charge in [0, 0.05) is 23.5 Å². The molecule has 1 atom stereocenters. The van der Waals surface area contributed by atoms with Crippen LogP contribution >= 0.6 is 0 Å². The highest BCUT2D eigenvalue weighted by molar-refractivity contribution is 5.51. The fraction of sp³-hybridized carbons (Fsp3) is 0.308. The number of hydrogen-bond donors (Lipinski definition) is 2. The third-order valence-corrected chi connectivity index (χ3v) is 2.96. The standard InChI is InChI=1S/C13H17N3O2/c1-8-10(17-2)5-4-9(12(8)18-3)11(14)13-15-6-7-16-13/h4-7,11H,14H2,1-3H3,(H,15,16). The van der Waals surface area contributed by atoms with E-state index in [1.54, 1.807) is 26.6 Å². The molecule has 0 amide bonds. The average Bonchev–Trinajstić information content (AvgIpc) is 2.91. The van der Waals surface area contributed by atoms with Crippen LogP contribution in [-0.2, 0) is 0 Å². The van der Waals surface area contributed by atoms with Gasteiger partial charge in [-0.2, -0.15) is 0 Å². The van der Waals surface area contributed by atoms with Gasteiger partial charge in [-0.3, -0.25) is 0 Å². The monoisotopic (exact) mass is 247 g/mol. The molecular formula is C13H17N3O2. The summed E-state index contributed by atoms with van der Waals surface area (Å²) in [6.45, 7) is 1.94. The molecule has 3 N–H and O–H groups in total. The van der Waals surface area contributed by atoms with Gasteiger partial charge in [0.2, 0.25) is 0 Å². The van der Waals surface area contributed by atoms with Crippen molar-refractivity contribution in [3.05, 3.63) is 41.5 Å². The Morgan fingerprint density at radius 3 is 2.61 bits per heavy atom. The summed E-state index contributed by atoms with van der Waals surface area (Å²) < 4.78 is 10.7. The first-order valence-corrected chi connectivity index (χ1v) is 5.65. The van der Waals surface area contributed by atoms with Crippen LogP contribution < -0.4 is 15.2 Å². The predicted octanol–water partition coefficient (Wildman–Crippen LogP) is 1.78. The van der Waals surface area contributed by atoms with E-state index < -0.39 is 0 Å². The Kier molecular flexibility index (Phi) is 3.53. The second-order valence-corrected chi connectivity index (χ2v) is 3.97. The summed E-state index contributed by atoms with van der Waals surface area (Å²) in [6, 6.07) is 3.44. The molecule has 5 heteroatoms. The van der Waals surface area contributed by atoms with Crippen molar-refractivity contribution in [3.8, 4) is 11.5 Å². The average molecular weight is 247 g/mol. The Morgan fingerprint density at radius 2 is 2.06 bits per heavy atom. The largest absolute Gasteiger partial charge is 0.496 e. The number of aromatic nitrogens is 2. The summed E-state index contributed by atoms with van der Waals surface area (Å²) in [5.41, 5.74) is 7.99. The summed E-state index contributed by atoms with van der Waals surface area (Å²) in [7, 11) is 3.26. The van der Waals surface area contributed by atoms with Crippen LogP contribution in [0.1, 0.15) is 23.0 Å². The first kappa shape index (κ1) is 12.4. The Morgan fingerprint density at radius 1 is 1.28 bits per heavy atom. The minimum Gasteiger partial charge on any atom is -0.496 e. The summed E-state index contributed by atoms with van der Waals surface area (Å²) in [5.74, 6) is 2.22.